The van der Waals surface area contributed by atoms with Gasteiger partial charge in [0.25, 0.3) is 0 Å². The summed E-state index contributed by atoms with van der Waals surface area (Å²) in [6.45, 7) is 2.91. The van der Waals surface area contributed by atoms with Gasteiger partial charge in [0, 0.05) is 59.0 Å². The molecule has 5 aromatic rings. The lowest BCUT2D eigenvalue weighted by Crippen LogP contribution is -2.12. The molecule has 0 spiro atoms. The number of carbonyl (C=O) groups excluding carboxylic acids is 1. The van der Waals surface area contributed by atoms with Gasteiger partial charge in [-0.1, -0.05) is 53.2 Å². The van der Waals surface area contributed by atoms with E-state index in [9.17, 15) is 9.90 Å². The largest absolute Gasteiger partial charge is 0.396 e. The fraction of sp³-hybridized carbons (Fsp3) is 0.222. The Labute approximate surface area is 197 Å². The van der Waals surface area contributed by atoms with Gasteiger partial charge in [-0.2, -0.15) is 4.98 Å². The van der Waals surface area contributed by atoms with Crippen LogP contribution in [0.3, 0.4) is 0 Å². The second-order valence-corrected chi connectivity index (χ2v) is 8.40. The first kappa shape index (κ1) is 21.9. The first-order valence-corrected chi connectivity index (χ1v) is 11.4. The number of aromatic nitrogens is 3. The number of anilines is 1. The molecule has 0 bridgehead atoms. The van der Waals surface area contributed by atoms with Gasteiger partial charge < -0.3 is 19.5 Å². The van der Waals surface area contributed by atoms with Crippen LogP contribution in [0.25, 0.3) is 33.2 Å². The van der Waals surface area contributed by atoms with Gasteiger partial charge in [-0.3, -0.25) is 4.79 Å². The number of carbonyl (C=O) groups is 1. The van der Waals surface area contributed by atoms with Crippen LogP contribution < -0.4 is 5.32 Å². The topological polar surface area (TPSA) is 93.2 Å². The second kappa shape index (κ2) is 9.49. The number of benzene rings is 3. The highest BCUT2D eigenvalue weighted by molar-refractivity contribution is 6.09. The van der Waals surface area contributed by atoms with E-state index in [0.29, 0.717) is 24.6 Å². The number of hydrogen-bond acceptors (Lipinski definition) is 5. The molecule has 1 amide bonds. The number of aliphatic hydroxyl groups excluding tert-OH is 1. The molecule has 0 radical (unpaired) electrons. The van der Waals surface area contributed by atoms with Gasteiger partial charge in [0.2, 0.25) is 17.6 Å². The van der Waals surface area contributed by atoms with E-state index in [1.54, 1.807) is 0 Å². The highest BCUT2D eigenvalue weighted by Crippen LogP contribution is 2.31. The standard InChI is InChI=1S/C27H26N4O3/c1-18-7-9-19(10-8-18)27-29-26(34-30-27)14-13-25(33)28-20-11-12-24-22(17-20)21-5-2-3-6-23(21)31(24)15-4-16-32/h2-3,5-12,17,32H,4,13-16H2,1H3,(H,28,33). The molecule has 3 aromatic carbocycles. The molecule has 5 rings (SSSR count). The lowest BCUT2D eigenvalue weighted by molar-refractivity contribution is -0.116. The van der Waals surface area contributed by atoms with Crippen LogP contribution in [0.15, 0.2) is 71.3 Å². The monoisotopic (exact) mass is 454 g/mol. The zero-order valence-corrected chi connectivity index (χ0v) is 19.0. The van der Waals surface area contributed by atoms with Crippen LogP contribution in [0.5, 0.6) is 0 Å². The molecule has 0 saturated heterocycles. The summed E-state index contributed by atoms with van der Waals surface area (Å²) in [7, 11) is 0. The second-order valence-electron chi connectivity index (χ2n) is 8.40. The van der Waals surface area contributed by atoms with Crippen molar-refractivity contribution in [2.24, 2.45) is 0 Å². The summed E-state index contributed by atoms with van der Waals surface area (Å²) in [6.07, 6.45) is 1.30. The van der Waals surface area contributed by atoms with Crippen molar-refractivity contribution < 1.29 is 14.4 Å². The average molecular weight is 455 g/mol. The molecule has 0 fully saturated rings. The molecule has 0 aliphatic heterocycles. The van der Waals surface area contributed by atoms with E-state index in [2.05, 4.69) is 32.2 Å². The molecule has 0 aliphatic carbocycles. The minimum absolute atomic E-state index is 0.113. The Kier molecular flexibility index (Phi) is 6.10. The summed E-state index contributed by atoms with van der Waals surface area (Å²) in [5.41, 5.74) is 5.00. The third-order valence-electron chi connectivity index (χ3n) is 5.94. The van der Waals surface area contributed by atoms with Crippen LogP contribution in [-0.2, 0) is 17.8 Å². The Hall–Kier alpha value is -3.97. The summed E-state index contributed by atoms with van der Waals surface area (Å²) < 4.78 is 7.55. The smallest absolute Gasteiger partial charge is 0.227 e. The molecular formula is C27H26N4O3. The van der Waals surface area contributed by atoms with Gasteiger partial charge in [-0.25, -0.2) is 0 Å². The van der Waals surface area contributed by atoms with Gasteiger partial charge in [0.1, 0.15) is 0 Å². The molecule has 2 heterocycles. The van der Waals surface area contributed by atoms with Crippen LogP contribution in [0, 0.1) is 6.92 Å². The number of rotatable bonds is 8. The molecule has 2 N–H and O–H groups in total. The first-order valence-electron chi connectivity index (χ1n) is 11.4. The minimum Gasteiger partial charge on any atom is -0.396 e. The summed E-state index contributed by atoms with van der Waals surface area (Å²) in [6, 6.07) is 22.0. The SMILES string of the molecule is Cc1ccc(-c2noc(CCC(=O)Nc3ccc4c(c3)c3ccccc3n4CCCO)n2)cc1. The van der Waals surface area contributed by atoms with Crippen molar-refractivity contribution in [2.45, 2.75) is 32.7 Å². The number of amides is 1. The number of nitrogens with zero attached hydrogens (tertiary/aromatic N) is 3. The molecule has 0 aliphatic rings. The first-order chi connectivity index (χ1) is 16.6. The summed E-state index contributed by atoms with van der Waals surface area (Å²) in [4.78, 5) is 17.0. The molecule has 0 unspecified atom stereocenters. The maximum absolute atomic E-state index is 12.6. The van der Waals surface area contributed by atoms with Crippen LogP contribution >= 0.6 is 0 Å². The summed E-state index contributed by atoms with van der Waals surface area (Å²) in [5.74, 6) is 0.852. The third-order valence-corrected chi connectivity index (χ3v) is 5.94. The van der Waals surface area contributed by atoms with Crippen molar-refractivity contribution in [1.82, 2.24) is 14.7 Å². The van der Waals surface area contributed by atoms with Gasteiger partial charge >= 0.3 is 0 Å². The average Bonchev–Trinajstić information content (AvgIpc) is 3.45. The molecular weight excluding hydrogens is 428 g/mol. The van der Waals surface area contributed by atoms with Gasteiger partial charge in [-0.15, -0.1) is 0 Å². The Morgan fingerprint density at radius 1 is 1.03 bits per heavy atom. The summed E-state index contributed by atoms with van der Waals surface area (Å²) in [5, 5.41) is 18.5. The van der Waals surface area contributed by atoms with Gasteiger partial charge in [0.15, 0.2) is 0 Å². The van der Waals surface area contributed by atoms with Crippen LogP contribution in [0.2, 0.25) is 0 Å². The molecule has 7 nitrogen and oxygen atoms in total. The van der Waals surface area contributed by atoms with Crippen LogP contribution in [0.4, 0.5) is 5.69 Å². The quantitative estimate of drug-likeness (QED) is 0.340. The molecule has 0 atom stereocenters. The highest BCUT2D eigenvalue weighted by atomic mass is 16.5. The number of aliphatic hydroxyl groups is 1. The maximum Gasteiger partial charge on any atom is 0.227 e. The van der Waals surface area contributed by atoms with Crippen molar-refractivity contribution in [3.05, 3.63) is 78.2 Å². The van der Waals surface area contributed by atoms with Gasteiger partial charge in [-0.05, 0) is 37.6 Å². The Morgan fingerprint density at radius 2 is 1.82 bits per heavy atom. The normalized spacial score (nSPS) is 11.4. The van der Waals surface area contributed by atoms with E-state index in [1.165, 1.54) is 0 Å². The maximum atomic E-state index is 12.6. The molecule has 0 saturated carbocycles. The van der Waals surface area contributed by atoms with E-state index in [4.69, 9.17) is 4.52 Å². The zero-order chi connectivity index (χ0) is 23.5. The Morgan fingerprint density at radius 3 is 2.65 bits per heavy atom. The predicted molar refractivity (Wildman–Crippen MR) is 133 cm³/mol. The van der Waals surface area contributed by atoms with E-state index in [0.717, 1.165) is 45.2 Å². The molecule has 7 heteroatoms. The zero-order valence-electron chi connectivity index (χ0n) is 19.0. The van der Waals surface area contributed by atoms with Crippen molar-refractivity contribution in [1.29, 1.82) is 0 Å². The summed E-state index contributed by atoms with van der Waals surface area (Å²) >= 11 is 0. The molecule has 34 heavy (non-hydrogen) atoms. The minimum atomic E-state index is -0.113. The molecule has 2 aromatic heterocycles. The number of aryl methyl sites for hydroxylation is 3. The number of hydrogen-bond donors (Lipinski definition) is 2. The van der Waals surface area contributed by atoms with Crippen LogP contribution in [0.1, 0.15) is 24.3 Å². The van der Waals surface area contributed by atoms with E-state index < -0.39 is 0 Å². The fourth-order valence-corrected chi connectivity index (χ4v) is 4.22. The van der Waals surface area contributed by atoms with E-state index in [1.807, 2.05) is 61.5 Å². The van der Waals surface area contributed by atoms with E-state index in [-0.39, 0.29) is 18.9 Å². The lowest BCUT2D eigenvalue weighted by Gasteiger charge is -2.07. The Balaban J connectivity index is 1.28. The van der Waals surface area contributed by atoms with Crippen LogP contribution in [-0.4, -0.2) is 32.3 Å². The predicted octanol–water partition coefficient (Wildman–Crippen LogP) is 5.11. The highest BCUT2D eigenvalue weighted by Gasteiger charge is 2.13. The number of fused-ring (bicyclic) bond motifs is 3. The van der Waals surface area contributed by atoms with Crippen molar-refractivity contribution in [3.63, 3.8) is 0 Å². The third kappa shape index (κ3) is 4.43. The van der Waals surface area contributed by atoms with E-state index >= 15 is 0 Å². The molecule has 172 valence electrons. The van der Waals surface area contributed by atoms with Gasteiger partial charge in [0.05, 0.1) is 0 Å². The number of para-hydroxylation sites is 1. The van der Waals surface area contributed by atoms with Crippen molar-refractivity contribution in [3.8, 4) is 11.4 Å². The lowest BCUT2D eigenvalue weighted by atomic mass is 10.1. The Bertz CT molecular complexity index is 1450. The van der Waals surface area contributed by atoms with Crippen molar-refractivity contribution in [2.75, 3.05) is 11.9 Å². The number of nitrogens with one attached hydrogen (secondary N) is 1. The fourth-order valence-electron chi connectivity index (χ4n) is 4.22. The van der Waals surface area contributed by atoms with Crippen molar-refractivity contribution >= 4 is 33.4 Å².